The standard InChI is InChI=1S/C15H19N3O5/c1-2-21-8-4-7-18(15(20)12-5-3-9-22-12)11-14(19)16-13-6-10-23-17-13/h3,5-6,9-10H,2,4,7-8,11H2,1H3,(H,16,17,19). The SMILES string of the molecule is CCOCCCN(CC(=O)Nc1ccon1)C(=O)c1ccco1. The predicted octanol–water partition coefficient (Wildman–Crippen LogP) is 1.78. The molecule has 124 valence electrons. The quantitative estimate of drug-likeness (QED) is 0.707. The first-order valence-electron chi connectivity index (χ1n) is 7.31. The van der Waals surface area contributed by atoms with Crippen molar-refractivity contribution in [3.8, 4) is 0 Å². The van der Waals surface area contributed by atoms with Gasteiger partial charge in [-0.25, -0.2) is 0 Å². The summed E-state index contributed by atoms with van der Waals surface area (Å²) in [6, 6.07) is 4.71. The highest BCUT2D eigenvalue weighted by Crippen LogP contribution is 2.08. The Labute approximate surface area is 133 Å². The van der Waals surface area contributed by atoms with Gasteiger partial charge in [-0.1, -0.05) is 5.16 Å². The van der Waals surface area contributed by atoms with Crippen molar-refractivity contribution in [2.45, 2.75) is 13.3 Å². The van der Waals surface area contributed by atoms with Gasteiger partial charge in [-0.3, -0.25) is 9.59 Å². The maximum atomic E-state index is 12.4. The molecule has 0 aromatic carbocycles. The molecule has 1 N–H and O–H groups in total. The number of amides is 2. The molecule has 0 bridgehead atoms. The van der Waals surface area contributed by atoms with Crippen LogP contribution in [-0.2, 0) is 9.53 Å². The van der Waals surface area contributed by atoms with Crippen LogP contribution < -0.4 is 5.32 Å². The van der Waals surface area contributed by atoms with Gasteiger partial charge < -0.3 is 23.9 Å². The fraction of sp³-hybridized carbons (Fsp3) is 0.400. The van der Waals surface area contributed by atoms with E-state index in [0.29, 0.717) is 32.0 Å². The fourth-order valence-corrected chi connectivity index (χ4v) is 1.94. The van der Waals surface area contributed by atoms with Crippen LogP contribution in [0.1, 0.15) is 23.9 Å². The Hall–Kier alpha value is -2.61. The zero-order chi connectivity index (χ0) is 16.5. The third-order valence-corrected chi connectivity index (χ3v) is 2.98. The van der Waals surface area contributed by atoms with Crippen molar-refractivity contribution >= 4 is 17.6 Å². The zero-order valence-corrected chi connectivity index (χ0v) is 12.9. The Kier molecular flexibility index (Phi) is 6.37. The van der Waals surface area contributed by atoms with E-state index in [1.54, 1.807) is 12.1 Å². The van der Waals surface area contributed by atoms with Crippen LogP contribution in [-0.4, -0.2) is 48.2 Å². The molecular weight excluding hydrogens is 302 g/mol. The van der Waals surface area contributed by atoms with Crippen LogP contribution in [0.25, 0.3) is 0 Å². The average Bonchev–Trinajstić information content (AvgIpc) is 3.22. The molecule has 2 aromatic heterocycles. The number of anilines is 1. The van der Waals surface area contributed by atoms with Gasteiger partial charge in [-0.2, -0.15) is 0 Å². The summed E-state index contributed by atoms with van der Waals surface area (Å²) in [6.07, 6.45) is 3.39. The van der Waals surface area contributed by atoms with Gasteiger partial charge >= 0.3 is 0 Å². The van der Waals surface area contributed by atoms with Gasteiger partial charge in [0.1, 0.15) is 12.8 Å². The second-order valence-electron chi connectivity index (χ2n) is 4.69. The van der Waals surface area contributed by atoms with E-state index >= 15 is 0 Å². The van der Waals surface area contributed by atoms with Crippen LogP contribution in [0.15, 0.2) is 39.7 Å². The van der Waals surface area contributed by atoms with Crippen molar-refractivity contribution in [1.29, 1.82) is 0 Å². The molecule has 0 aliphatic rings. The van der Waals surface area contributed by atoms with Crippen molar-refractivity contribution in [3.63, 3.8) is 0 Å². The van der Waals surface area contributed by atoms with Crippen LogP contribution >= 0.6 is 0 Å². The van der Waals surface area contributed by atoms with Crippen molar-refractivity contribution in [2.75, 3.05) is 31.6 Å². The lowest BCUT2D eigenvalue weighted by molar-refractivity contribution is -0.117. The Morgan fingerprint density at radius 2 is 2.22 bits per heavy atom. The Morgan fingerprint density at radius 3 is 2.87 bits per heavy atom. The summed E-state index contributed by atoms with van der Waals surface area (Å²) in [4.78, 5) is 25.8. The van der Waals surface area contributed by atoms with E-state index in [1.807, 2.05) is 6.92 Å². The number of carbonyl (C=O) groups excluding carboxylic acids is 2. The summed E-state index contributed by atoms with van der Waals surface area (Å²) in [5.74, 6) is -0.220. The van der Waals surface area contributed by atoms with Gasteiger partial charge in [0.15, 0.2) is 11.6 Å². The Morgan fingerprint density at radius 1 is 1.35 bits per heavy atom. The van der Waals surface area contributed by atoms with E-state index in [1.165, 1.54) is 23.5 Å². The number of hydrogen-bond donors (Lipinski definition) is 1. The highest BCUT2D eigenvalue weighted by molar-refractivity contribution is 5.97. The van der Waals surface area contributed by atoms with Crippen LogP contribution in [0.3, 0.4) is 0 Å². The summed E-state index contributed by atoms with van der Waals surface area (Å²) < 4.78 is 15.0. The number of carbonyl (C=O) groups is 2. The van der Waals surface area contributed by atoms with Gasteiger partial charge in [-0.15, -0.1) is 0 Å². The van der Waals surface area contributed by atoms with Crippen molar-refractivity contribution in [2.24, 2.45) is 0 Å². The molecule has 0 atom stereocenters. The minimum Gasteiger partial charge on any atom is -0.459 e. The second-order valence-corrected chi connectivity index (χ2v) is 4.69. The van der Waals surface area contributed by atoms with E-state index in [9.17, 15) is 9.59 Å². The van der Waals surface area contributed by atoms with E-state index in [2.05, 4.69) is 15.0 Å². The molecule has 0 aliphatic carbocycles. The molecule has 2 heterocycles. The number of rotatable bonds is 9. The maximum absolute atomic E-state index is 12.4. The van der Waals surface area contributed by atoms with Gasteiger partial charge in [0.25, 0.3) is 5.91 Å². The minimum atomic E-state index is -0.366. The van der Waals surface area contributed by atoms with Crippen LogP contribution in [0, 0.1) is 0 Å². The highest BCUT2D eigenvalue weighted by Gasteiger charge is 2.21. The number of ether oxygens (including phenoxy) is 1. The normalized spacial score (nSPS) is 10.5. The molecule has 0 unspecified atom stereocenters. The molecular formula is C15H19N3O5. The lowest BCUT2D eigenvalue weighted by Gasteiger charge is -2.20. The van der Waals surface area contributed by atoms with Crippen LogP contribution in [0.2, 0.25) is 0 Å². The van der Waals surface area contributed by atoms with E-state index in [-0.39, 0.29) is 24.1 Å². The summed E-state index contributed by atoms with van der Waals surface area (Å²) in [7, 11) is 0. The first-order chi connectivity index (χ1) is 11.2. The number of nitrogens with one attached hydrogen (secondary N) is 1. The largest absolute Gasteiger partial charge is 0.459 e. The van der Waals surface area contributed by atoms with E-state index < -0.39 is 0 Å². The first-order valence-corrected chi connectivity index (χ1v) is 7.31. The monoisotopic (exact) mass is 321 g/mol. The van der Waals surface area contributed by atoms with E-state index in [4.69, 9.17) is 9.15 Å². The van der Waals surface area contributed by atoms with Gasteiger partial charge in [0.05, 0.1) is 6.26 Å². The van der Waals surface area contributed by atoms with Crippen molar-refractivity contribution in [3.05, 3.63) is 36.5 Å². The molecule has 0 fully saturated rings. The molecule has 2 rings (SSSR count). The Bertz CT molecular complexity index is 595. The predicted molar refractivity (Wildman–Crippen MR) is 80.9 cm³/mol. The second kappa shape index (κ2) is 8.74. The molecule has 0 spiro atoms. The van der Waals surface area contributed by atoms with Gasteiger partial charge in [0.2, 0.25) is 5.91 Å². The van der Waals surface area contributed by atoms with Gasteiger partial charge in [0, 0.05) is 25.8 Å². The van der Waals surface area contributed by atoms with Crippen molar-refractivity contribution in [1.82, 2.24) is 10.1 Å². The summed E-state index contributed by atoms with van der Waals surface area (Å²) >= 11 is 0. The summed E-state index contributed by atoms with van der Waals surface area (Å²) in [5.41, 5.74) is 0. The third kappa shape index (κ3) is 5.26. The smallest absolute Gasteiger partial charge is 0.290 e. The minimum absolute atomic E-state index is 0.113. The van der Waals surface area contributed by atoms with E-state index in [0.717, 1.165) is 0 Å². The molecule has 2 aromatic rings. The lowest BCUT2D eigenvalue weighted by atomic mass is 10.3. The van der Waals surface area contributed by atoms with Crippen molar-refractivity contribution < 1.29 is 23.3 Å². The number of hydrogen-bond acceptors (Lipinski definition) is 6. The molecule has 8 nitrogen and oxygen atoms in total. The number of nitrogens with zero attached hydrogens (tertiary/aromatic N) is 2. The Balaban J connectivity index is 1.94. The number of furan rings is 1. The maximum Gasteiger partial charge on any atom is 0.290 e. The third-order valence-electron chi connectivity index (χ3n) is 2.98. The molecule has 0 aliphatic heterocycles. The lowest BCUT2D eigenvalue weighted by Crippen LogP contribution is -2.39. The molecule has 0 saturated heterocycles. The average molecular weight is 321 g/mol. The molecule has 23 heavy (non-hydrogen) atoms. The van der Waals surface area contributed by atoms with Crippen LogP contribution in [0.5, 0.6) is 0 Å². The topological polar surface area (TPSA) is 97.8 Å². The zero-order valence-electron chi connectivity index (χ0n) is 12.9. The summed E-state index contributed by atoms with van der Waals surface area (Å²) in [5, 5.41) is 6.15. The molecule has 8 heteroatoms. The fourth-order valence-electron chi connectivity index (χ4n) is 1.94. The summed E-state index contributed by atoms with van der Waals surface area (Å²) in [6.45, 7) is 3.30. The molecule has 0 saturated carbocycles. The highest BCUT2D eigenvalue weighted by atomic mass is 16.5. The van der Waals surface area contributed by atoms with Crippen LogP contribution in [0.4, 0.5) is 5.82 Å². The molecule has 0 radical (unpaired) electrons. The first kappa shape index (κ1) is 16.8. The van der Waals surface area contributed by atoms with Gasteiger partial charge in [-0.05, 0) is 25.5 Å². The molecule has 2 amide bonds. The number of aromatic nitrogens is 1.